The van der Waals surface area contributed by atoms with Crippen LogP contribution in [0, 0.1) is 0 Å². The summed E-state index contributed by atoms with van der Waals surface area (Å²) in [5.74, 6) is -1.38. The predicted molar refractivity (Wildman–Crippen MR) is 55.3 cm³/mol. The summed E-state index contributed by atoms with van der Waals surface area (Å²) in [4.78, 5) is 10.3. The number of carboxylic acids is 1. The van der Waals surface area contributed by atoms with E-state index in [9.17, 15) is 15.0 Å². The molecule has 0 fully saturated rings. The smallest absolute Gasteiger partial charge is 0.322 e. The van der Waals surface area contributed by atoms with Gasteiger partial charge in [0.25, 0.3) is 0 Å². The second kappa shape index (κ2) is 4.54. The van der Waals surface area contributed by atoms with E-state index in [4.69, 9.17) is 5.11 Å². The van der Waals surface area contributed by atoms with Gasteiger partial charge in [0.2, 0.25) is 0 Å². The number of aliphatic carboxylic acids is 1. The van der Waals surface area contributed by atoms with Crippen LogP contribution in [0.25, 0.3) is 0 Å². The highest BCUT2D eigenvalue weighted by atomic mass is 16.4. The topological polar surface area (TPSA) is 89.8 Å². The van der Waals surface area contributed by atoms with Gasteiger partial charge >= 0.3 is 5.97 Å². The van der Waals surface area contributed by atoms with Gasteiger partial charge in [0.05, 0.1) is 0 Å². The fourth-order valence-corrected chi connectivity index (χ4v) is 1.32. The molecule has 0 bridgehead atoms. The average Bonchev–Trinajstić information content (AvgIpc) is 2.19. The lowest BCUT2D eigenvalue weighted by molar-refractivity contribution is -0.134. The number of anilines is 1. The van der Waals surface area contributed by atoms with E-state index in [2.05, 4.69) is 5.32 Å². The molecule has 0 aliphatic carbocycles. The monoisotopic (exact) mass is 211 g/mol. The third-order valence-corrected chi connectivity index (χ3v) is 2.05. The molecule has 0 saturated carbocycles. The molecule has 4 N–H and O–H groups in total. The Hall–Kier alpha value is -1.91. The lowest BCUT2D eigenvalue weighted by Crippen LogP contribution is -2.13. The maximum absolute atomic E-state index is 10.3. The number of hydrogen-bond donors (Lipinski definition) is 4. The summed E-state index contributed by atoms with van der Waals surface area (Å²) in [6.45, 7) is 1.58. The molecular weight excluding hydrogens is 198 g/mol. The first-order valence-corrected chi connectivity index (χ1v) is 4.55. The Kier molecular flexibility index (Phi) is 3.38. The molecule has 0 aromatic heterocycles. The maximum Gasteiger partial charge on any atom is 0.322 e. The van der Waals surface area contributed by atoms with E-state index in [1.807, 2.05) is 0 Å². The van der Waals surface area contributed by atoms with E-state index in [1.54, 1.807) is 6.92 Å². The van der Waals surface area contributed by atoms with E-state index in [-0.39, 0.29) is 18.0 Å². The van der Waals surface area contributed by atoms with Crippen LogP contribution in [-0.4, -0.2) is 27.8 Å². The summed E-state index contributed by atoms with van der Waals surface area (Å²) < 4.78 is 0. The SMILES string of the molecule is CCc1c(NCC(=O)O)ccc(O)c1O. The van der Waals surface area contributed by atoms with Gasteiger partial charge in [0.15, 0.2) is 11.5 Å². The van der Waals surface area contributed by atoms with Crippen LogP contribution in [0.3, 0.4) is 0 Å². The molecule has 0 saturated heterocycles. The van der Waals surface area contributed by atoms with Crippen LogP contribution in [0.5, 0.6) is 11.5 Å². The Morgan fingerprint density at radius 1 is 1.40 bits per heavy atom. The van der Waals surface area contributed by atoms with Crippen molar-refractivity contribution in [2.75, 3.05) is 11.9 Å². The van der Waals surface area contributed by atoms with Crippen molar-refractivity contribution in [3.8, 4) is 11.5 Å². The fraction of sp³-hybridized carbons (Fsp3) is 0.300. The lowest BCUT2D eigenvalue weighted by Gasteiger charge is -2.11. The van der Waals surface area contributed by atoms with Crippen molar-refractivity contribution in [1.29, 1.82) is 0 Å². The van der Waals surface area contributed by atoms with Crippen molar-refractivity contribution < 1.29 is 20.1 Å². The average molecular weight is 211 g/mol. The summed E-state index contributed by atoms with van der Waals surface area (Å²) in [6, 6.07) is 2.86. The minimum atomic E-state index is -0.982. The molecule has 0 unspecified atom stereocenters. The number of rotatable bonds is 4. The minimum absolute atomic E-state index is 0.201. The Balaban J connectivity index is 2.97. The highest BCUT2D eigenvalue weighted by Gasteiger charge is 2.10. The molecule has 0 amide bonds. The molecule has 0 heterocycles. The third kappa shape index (κ3) is 2.52. The first-order valence-electron chi connectivity index (χ1n) is 4.55. The minimum Gasteiger partial charge on any atom is -0.504 e. The van der Waals surface area contributed by atoms with Crippen LogP contribution in [0.1, 0.15) is 12.5 Å². The molecule has 0 spiro atoms. The van der Waals surface area contributed by atoms with E-state index in [1.165, 1.54) is 12.1 Å². The normalized spacial score (nSPS) is 9.93. The first kappa shape index (κ1) is 11.2. The zero-order valence-corrected chi connectivity index (χ0v) is 8.32. The van der Waals surface area contributed by atoms with Crippen molar-refractivity contribution >= 4 is 11.7 Å². The molecule has 82 valence electrons. The number of phenolic OH excluding ortho intramolecular Hbond substituents is 2. The number of carbonyl (C=O) groups is 1. The van der Waals surface area contributed by atoms with E-state index in [0.717, 1.165) is 0 Å². The van der Waals surface area contributed by atoms with Crippen LogP contribution in [0.2, 0.25) is 0 Å². The molecule has 5 nitrogen and oxygen atoms in total. The van der Waals surface area contributed by atoms with Gasteiger partial charge in [-0.2, -0.15) is 0 Å². The number of phenols is 2. The van der Waals surface area contributed by atoms with Crippen LogP contribution >= 0.6 is 0 Å². The van der Waals surface area contributed by atoms with Crippen molar-refractivity contribution in [2.45, 2.75) is 13.3 Å². The largest absolute Gasteiger partial charge is 0.504 e. The first-order chi connectivity index (χ1) is 7.06. The zero-order chi connectivity index (χ0) is 11.4. The maximum atomic E-state index is 10.3. The molecule has 1 aromatic carbocycles. The van der Waals surface area contributed by atoms with Gasteiger partial charge in [-0.05, 0) is 18.6 Å². The molecule has 1 aromatic rings. The second-order valence-corrected chi connectivity index (χ2v) is 3.06. The van der Waals surface area contributed by atoms with E-state index in [0.29, 0.717) is 17.7 Å². The fourth-order valence-electron chi connectivity index (χ4n) is 1.32. The number of benzene rings is 1. The summed E-state index contributed by atoms with van der Waals surface area (Å²) in [6.07, 6.45) is 0.502. The van der Waals surface area contributed by atoms with Gasteiger partial charge in [-0.25, -0.2) is 0 Å². The molecular formula is C10H13NO4. The van der Waals surface area contributed by atoms with Gasteiger partial charge in [-0.1, -0.05) is 6.92 Å². The van der Waals surface area contributed by atoms with Gasteiger partial charge in [-0.3, -0.25) is 4.79 Å². The van der Waals surface area contributed by atoms with Crippen molar-refractivity contribution in [1.82, 2.24) is 0 Å². The number of aromatic hydroxyl groups is 2. The third-order valence-electron chi connectivity index (χ3n) is 2.05. The highest BCUT2D eigenvalue weighted by Crippen LogP contribution is 2.34. The van der Waals surface area contributed by atoms with Gasteiger partial charge in [0.1, 0.15) is 6.54 Å². The van der Waals surface area contributed by atoms with Gasteiger partial charge < -0.3 is 20.6 Å². The van der Waals surface area contributed by atoms with E-state index < -0.39 is 5.97 Å². The van der Waals surface area contributed by atoms with Gasteiger partial charge in [0, 0.05) is 11.3 Å². The molecule has 1 rings (SSSR count). The predicted octanol–water partition coefficient (Wildman–Crippen LogP) is 1.16. The van der Waals surface area contributed by atoms with Crippen LogP contribution in [0.15, 0.2) is 12.1 Å². The van der Waals surface area contributed by atoms with Crippen molar-refractivity contribution in [3.63, 3.8) is 0 Å². The molecule has 0 aliphatic rings. The zero-order valence-electron chi connectivity index (χ0n) is 8.32. The second-order valence-electron chi connectivity index (χ2n) is 3.06. The summed E-state index contributed by atoms with van der Waals surface area (Å²) >= 11 is 0. The number of nitrogens with one attached hydrogen (secondary N) is 1. The molecule has 0 aliphatic heterocycles. The molecule has 0 radical (unpaired) electrons. The Bertz CT molecular complexity index is 376. The quantitative estimate of drug-likeness (QED) is 0.443. The number of hydrogen-bond acceptors (Lipinski definition) is 4. The van der Waals surface area contributed by atoms with Crippen LogP contribution in [0.4, 0.5) is 5.69 Å². The lowest BCUT2D eigenvalue weighted by atomic mass is 10.1. The summed E-state index contributed by atoms with van der Waals surface area (Å²) in [5.41, 5.74) is 1.03. The molecule has 5 heteroatoms. The van der Waals surface area contributed by atoms with Gasteiger partial charge in [-0.15, -0.1) is 0 Å². The summed E-state index contributed by atoms with van der Waals surface area (Å²) in [5, 5.41) is 29.9. The van der Waals surface area contributed by atoms with Crippen LogP contribution in [-0.2, 0) is 11.2 Å². The van der Waals surface area contributed by atoms with Crippen molar-refractivity contribution in [3.05, 3.63) is 17.7 Å². The Morgan fingerprint density at radius 2 is 2.07 bits per heavy atom. The molecule has 0 atom stereocenters. The Labute approximate surface area is 87.0 Å². The molecule has 15 heavy (non-hydrogen) atoms. The highest BCUT2D eigenvalue weighted by molar-refractivity contribution is 5.74. The standard InChI is InChI=1S/C10H13NO4/c1-2-6-7(11-5-9(13)14)3-4-8(12)10(6)15/h3-4,11-12,15H,2,5H2,1H3,(H,13,14). The van der Waals surface area contributed by atoms with Crippen LogP contribution < -0.4 is 5.32 Å². The Morgan fingerprint density at radius 3 is 2.60 bits per heavy atom. The van der Waals surface area contributed by atoms with E-state index >= 15 is 0 Å². The number of carboxylic acid groups (broad SMARTS) is 1. The van der Waals surface area contributed by atoms with Crippen molar-refractivity contribution in [2.24, 2.45) is 0 Å². The summed E-state index contributed by atoms with van der Waals surface area (Å²) in [7, 11) is 0.